The summed E-state index contributed by atoms with van der Waals surface area (Å²) in [5.74, 6) is 0.650. The molecule has 2 heteroatoms. The number of ether oxygens (including phenoxy) is 1. The van der Waals surface area contributed by atoms with Gasteiger partial charge in [0, 0.05) is 6.04 Å². The third-order valence-corrected chi connectivity index (χ3v) is 1.34. The van der Waals surface area contributed by atoms with E-state index >= 15 is 0 Å². The number of hydrogen-bond acceptors (Lipinski definition) is 2. The molecule has 0 heterocycles. The van der Waals surface area contributed by atoms with Gasteiger partial charge in [0.25, 0.3) is 0 Å². The van der Waals surface area contributed by atoms with Gasteiger partial charge in [-0.15, -0.1) is 6.58 Å². The van der Waals surface area contributed by atoms with Crippen LogP contribution in [0.25, 0.3) is 0 Å². The maximum atomic E-state index is 5.76. The Bertz CT molecular complexity index is 102. The Hall–Kier alpha value is -0.340. The third-order valence-electron chi connectivity index (χ3n) is 1.34. The molecule has 1 atom stereocenters. The van der Waals surface area contributed by atoms with Gasteiger partial charge >= 0.3 is 0 Å². The maximum Gasteiger partial charge on any atom is 0.0645 e. The number of hydrogen-bond donors (Lipinski definition) is 1. The van der Waals surface area contributed by atoms with Crippen LogP contribution in [-0.2, 0) is 4.74 Å². The lowest BCUT2D eigenvalue weighted by molar-refractivity contribution is 0.140. The molecule has 0 fully saturated rings. The molecule has 0 aromatic carbocycles. The van der Waals surface area contributed by atoms with Crippen LogP contribution in [0.2, 0.25) is 0 Å². The van der Waals surface area contributed by atoms with Crippen LogP contribution in [0, 0.1) is 5.92 Å². The molecule has 0 bridgehead atoms. The molecule has 0 amide bonds. The highest BCUT2D eigenvalue weighted by atomic mass is 16.5. The van der Waals surface area contributed by atoms with Gasteiger partial charge < -0.3 is 10.5 Å². The molecule has 0 spiro atoms. The number of nitrogens with two attached hydrogens (primary N) is 1. The average molecular weight is 157 g/mol. The fourth-order valence-electron chi connectivity index (χ4n) is 0.976. The minimum absolute atomic E-state index is 0.176. The van der Waals surface area contributed by atoms with Crippen molar-refractivity contribution >= 4 is 0 Å². The van der Waals surface area contributed by atoms with Gasteiger partial charge in [-0.25, -0.2) is 0 Å². The predicted octanol–water partition coefficient (Wildman–Crippen LogP) is 1.56. The van der Waals surface area contributed by atoms with Crippen LogP contribution in [0.1, 0.15) is 20.3 Å². The largest absolute Gasteiger partial charge is 0.376 e. The summed E-state index contributed by atoms with van der Waals surface area (Å²) in [5.41, 5.74) is 5.76. The van der Waals surface area contributed by atoms with Gasteiger partial charge in [0.15, 0.2) is 0 Å². The van der Waals surface area contributed by atoms with E-state index in [4.69, 9.17) is 10.5 Å². The summed E-state index contributed by atoms with van der Waals surface area (Å²) in [5, 5.41) is 0. The van der Waals surface area contributed by atoms with Crippen LogP contribution >= 0.6 is 0 Å². The van der Waals surface area contributed by atoms with E-state index in [1.165, 1.54) is 0 Å². The predicted molar refractivity (Wildman–Crippen MR) is 48.4 cm³/mol. The SMILES string of the molecule is C=CCOC[C@H](N)CC(C)C. The van der Waals surface area contributed by atoms with Gasteiger partial charge in [0.1, 0.15) is 0 Å². The molecule has 2 nitrogen and oxygen atoms in total. The van der Waals surface area contributed by atoms with Crippen molar-refractivity contribution in [2.45, 2.75) is 26.3 Å². The van der Waals surface area contributed by atoms with Crippen molar-refractivity contribution in [1.82, 2.24) is 0 Å². The minimum Gasteiger partial charge on any atom is -0.376 e. The molecule has 11 heavy (non-hydrogen) atoms. The normalized spacial score (nSPS) is 13.5. The molecule has 0 aliphatic carbocycles. The second kappa shape index (κ2) is 6.38. The molecule has 0 saturated heterocycles. The molecule has 0 unspecified atom stereocenters. The first-order valence-electron chi connectivity index (χ1n) is 4.11. The fraction of sp³-hybridized carbons (Fsp3) is 0.778. The van der Waals surface area contributed by atoms with E-state index in [9.17, 15) is 0 Å². The van der Waals surface area contributed by atoms with Crippen LogP contribution in [0.5, 0.6) is 0 Å². The molecule has 2 N–H and O–H groups in total. The first kappa shape index (κ1) is 10.7. The molecule has 66 valence electrons. The Morgan fingerprint density at radius 3 is 2.64 bits per heavy atom. The highest BCUT2D eigenvalue weighted by Gasteiger charge is 2.04. The Labute approximate surface area is 69.4 Å². The van der Waals surface area contributed by atoms with E-state index in [0.717, 1.165) is 6.42 Å². The summed E-state index contributed by atoms with van der Waals surface area (Å²) < 4.78 is 5.20. The van der Waals surface area contributed by atoms with Crippen LogP contribution < -0.4 is 5.73 Å². The van der Waals surface area contributed by atoms with Crippen LogP contribution in [0.15, 0.2) is 12.7 Å². The van der Waals surface area contributed by atoms with E-state index in [1.807, 2.05) is 0 Å². The monoisotopic (exact) mass is 157 g/mol. The Morgan fingerprint density at radius 1 is 1.55 bits per heavy atom. The average Bonchev–Trinajstić information content (AvgIpc) is 1.86. The second-order valence-corrected chi connectivity index (χ2v) is 3.22. The second-order valence-electron chi connectivity index (χ2n) is 3.22. The van der Waals surface area contributed by atoms with Gasteiger partial charge in [0.2, 0.25) is 0 Å². The van der Waals surface area contributed by atoms with Crippen molar-refractivity contribution in [3.63, 3.8) is 0 Å². The third kappa shape index (κ3) is 7.56. The summed E-state index contributed by atoms with van der Waals surface area (Å²) in [6.07, 6.45) is 2.76. The van der Waals surface area contributed by atoms with Gasteiger partial charge in [0.05, 0.1) is 13.2 Å². The molecule has 0 rings (SSSR count). The zero-order valence-electron chi connectivity index (χ0n) is 7.55. The topological polar surface area (TPSA) is 35.2 Å². The molecule has 0 aliphatic heterocycles. The van der Waals surface area contributed by atoms with Crippen LogP contribution in [-0.4, -0.2) is 19.3 Å². The van der Waals surface area contributed by atoms with E-state index in [0.29, 0.717) is 19.1 Å². The molecule has 0 aliphatic rings. The standard InChI is InChI=1S/C9H19NO/c1-4-5-11-7-9(10)6-8(2)3/h4,8-9H,1,5-7,10H2,2-3H3/t9-/m1/s1. The van der Waals surface area contributed by atoms with Crippen LogP contribution in [0.4, 0.5) is 0 Å². The maximum absolute atomic E-state index is 5.76. The Balaban J connectivity index is 3.21. The first-order valence-corrected chi connectivity index (χ1v) is 4.11. The van der Waals surface area contributed by atoms with Crippen molar-refractivity contribution in [2.75, 3.05) is 13.2 Å². The zero-order valence-corrected chi connectivity index (χ0v) is 7.55. The highest BCUT2D eigenvalue weighted by Crippen LogP contribution is 2.02. The lowest BCUT2D eigenvalue weighted by Gasteiger charge is -2.13. The smallest absolute Gasteiger partial charge is 0.0645 e. The van der Waals surface area contributed by atoms with Gasteiger partial charge in [-0.3, -0.25) is 0 Å². The molecule has 0 aromatic rings. The highest BCUT2D eigenvalue weighted by molar-refractivity contribution is 4.67. The van der Waals surface area contributed by atoms with Crippen molar-refractivity contribution in [1.29, 1.82) is 0 Å². The lowest BCUT2D eigenvalue weighted by atomic mass is 10.1. The van der Waals surface area contributed by atoms with Gasteiger partial charge in [-0.2, -0.15) is 0 Å². The van der Waals surface area contributed by atoms with Crippen molar-refractivity contribution < 1.29 is 4.74 Å². The summed E-state index contributed by atoms with van der Waals surface area (Å²) in [7, 11) is 0. The first-order chi connectivity index (χ1) is 5.16. The minimum atomic E-state index is 0.176. The van der Waals surface area contributed by atoms with Crippen molar-refractivity contribution in [3.05, 3.63) is 12.7 Å². The van der Waals surface area contributed by atoms with Crippen LogP contribution in [0.3, 0.4) is 0 Å². The molecule has 0 saturated carbocycles. The molecule has 0 aromatic heterocycles. The number of rotatable bonds is 6. The van der Waals surface area contributed by atoms with E-state index in [1.54, 1.807) is 6.08 Å². The Morgan fingerprint density at radius 2 is 2.18 bits per heavy atom. The summed E-state index contributed by atoms with van der Waals surface area (Å²) in [6, 6.07) is 0.176. The van der Waals surface area contributed by atoms with E-state index < -0.39 is 0 Å². The summed E-state index contributed by atoms with van der Waals surface area (Å²) in [4.78, 5) is 0. The van der Waals surface area contributed by atoms with E-state index in [-0.39, 0.29) is 6.04 Å². The zero-order chi connectivity index (χ0) is 8.69. The van der Waals surface area contributed by atoms with Crippen molar-refractivity contribution in [2.24, 2.45) is 11.7 Å². The lowest BCUT2D eigenvalue weighted by Crippen LogP contribution is -2.27. The Kier molecular flexibility index (Phi) is 6.18. The summed E-state index contributed by atoms with van der Waals surface area (Å²) in [6.45, 7) is 9.12. The van der Waals surface area contributed by atoms with Gasteiger partial charge in [-0.1, -0.05) is 19.9 Å². The molecular formula is C9H19NO. The molecule has 0 radical (unpaired) electrons. The fourth-order valence-corrected chi connectivity index (χ4v) is 0.976. The quantitative estimate of drug-likeness (QED) is 0.469. The van der Waals surface area contributed by atoms with E-state index in [2.05, 4.69) is 20.4 Å². The molecular weight excluding hydrogens is 138 g/mol. The summed E-state index contributed by atoms with van der Waals surface area (Å²) >= 11 is 0. The van der Waals surface area contributed by atoms with Gasteiger partial charge in [-0.05, 0) is 12.3 Å². The van der Waals surface area contributed by atoms with Crippen molar-refractivity contribution in [3.8, 4) is 0 Å².